The summed E-state index contributed by atoms with van der Waals surface area (Å²) in [6.07, 6.45) is 3.35. The van der Waals surface area contributed by atoms with E-state index in [1.807, 2.05) is 12.1 Å². The van der Waals surface area contributed by atoms with Gasteiger partial charge in [-0.05, 0) is 40.1 Å². The summed E-state index contributed by atoms with van der Waals surface area (Å²) >= 11 is 0. The number of anilines is 1. The number of halogens is 1. The first-order valence-electron chi connectivity index (χ1n) is 6.86. The first-order chi connectivity index (χ1) is 11.2. The van der Waals surface area contributed by atoms with E-state index in [-0.39, 0.29) is 17.3 Å². The molecule has 0 unspecified atom stereocenters. The Balaban J connectivity index is 1.97. The smallest absolute Gasteiger partial charge is 0.199 e. The van der Waals surface area contributed by atoms with E-state index in [0.717, 1.165) is 5.56 Å². The van der Waals surface area contributed by atoms with Crippen molar-refractivity contribution in [2.24, 2.45) is 0 Å². The van der Waals surface area contributed by atoms with Gasteiger partial charge in [-0.2, -0.15) is 0 Å². The van der Waals surface area contributed by atoms with Crippen LogP contribution in [0.4, 0.5) is 10.2 Å². The summed E-state index contributed by atoms with van der Waals surface area (Å²) in [6, 6.07) is 8.42. The van der Waals surface area contributed by atoms with E-state index < -0.39 is 0 Å². The standard InChI is InChI=1S/C15H11FN6O/c16-10-2-1-3-11-13(10)22(8-9-4-6-18-7-5-9)15(19-11)12-14(17)21-23-20-12/h1-7H,8H2,(H2,17,21). The minimum absolute atomic E-state index is 0.108. The van der Waals surface area contributed by atoms with Crippen LogP contribution in [0.25, 0.3) is 22.6 Å². The van der Waals surface area contributed by atoms with Gasteiger partial charge in [0.05, 0.1) is 5.52 Å². The average Bonchev–Trinajstić information content (AvgIpc) is 3.13. The van der Waals surface area contributed by atoms with Crippen molar-refractivity contribution in [3.8, 4) is 11.5 Å². The highest BCUT2D eigenvalue weighted by atomic mass is 19.1. The number of benzene rings is 1. The van der Waals surface area contributed by atoms with Crippen LogP contribution < -0.4 is 5.73 Å². The number of pyridine rings is 1. The van der Waals surface area contributed by atoms with Crippen LogP contribution in [0.5, 0.6) is 0 Å². The molecule has 0 aliphatic heterocycles. The highest BCUT2D eigenvalue weighted by Gasteiger charge is 2.21. The number of imidazole rings is 1. The Kier molecular flexibility index (Phi) is 3.00. The lowest BCUT2D eigenvalue weighted by atomic mass is 10.2. The maximum absolute atomic E-state index is 14.3. The summed E-state index contributed by atoms with van der Waals surface area (Å²) in [6.45, 7) is 0.390. The predicted molar refractivity (Wildman–Crippen MR) is 80.7 cm³/mol. The van der Waals surface area contributed by atoms with Crippen LogP contribution in [0.1, 0.15) is 5.56 Å². The Hall–Kier alpha value is -3.29. The van der Waals surface area contributed by atoms with E-state index >= 15 is 0 Å². The molecule has 0 atom stereocenters. The number of fused-ring (bicyclic) bond motifs is 1. The van der Waals surface area contributed by atoms with Crippen LogP contribution in [0.3, 0.4) is 0 Å². The summed E-state index contributed by atoms with van der Waals surface area (Å²) in [5.74, 6) is 0.141. The van der Waals surface area contributed by atoms with Crippen molar-refractivity contribution in [2.45, 2.75) is 6.54 Å². The van der Waals surface area contributed by atoms with E-state index in [2.05, 4.69) is 24.9 Å². The monoisotopic (exact) mass is 310 g/mol. The maximum Gasteiger partial charge on any atom is 0.199 e. The maximum atomic E-state index is 14.3. The lowest BCUT2D eigenvalue weighted by Gasteiger charge is -2.08. The Morgan fingerprint density at radius 2 is 1.96 bits per heavy atom. The third-order valence-electron chi connectivity index (χ3n) is 3.53. The van der Waals surface area contributed by atoms with Crippen molar-refractivity contribution in [3.05, 3.63) is 54.1 Å². The Labute approximate surface area is 129 Å². The lowest BCUT2D eigenvalue weighted by Crippen LogP contribution is -2.04. The highest BCUT2D eigenvalue weighted by Crippen LogP contribution is 2.28. The molecule has 0 radical (unpaired) electrons. The van der Waals surface area contributed by atoms with Crippen molar-refractivity contribution in [2.75, 3.05) is 5.73 Å². The van der Waals surface area contributed by atoms with Crippen LogP contribution >= 0.6 is 0 Å². The fourth-order valence-electron chi connectivity index (χ4n) is 2.50. The molecule has 0 saturated carbocycles. The van der Waals surface area contributed by atoms with Crippen molar-refractivity contribution in [1.29, 1.82) is 0 Å². The molecule has 1 aromatic carbocycles. The second-order valence-corrected chi connectivity index (χ2v) is 4.98. The molecule has 0 fully saturated rings. The Morgan fingerprint density at radius 3 is 2.70 bits per heavy atom. The molecule has 3 heterocycles. The van der Waals surface area contributed by atoms with Gasteiger partial charge in [-0.25, -0.2) is 14.0 Å². The average molecular weight is 310 g/mol. The van der Waals surface area contributed by atoms with E-state index in [4.69, 9.17) is 5.73 Å². The van der Waals surface area contributed by atoms with E-state index in [1.165, 1.54) is 6.07 Å². The van der Waals surface area contributed by atoms with Crippen molar-refractivity contribution in [1.82, 2.24) is 24.8 Å². The van der Waals surface area contributed by atoms with E-state index in [1.54, 1.807) is 29.1 Å². The molecular formula is C15H11FN6O. The molecule has 4 rings (SSSR count). The number of nitrogens with two attached hydrogens (primary N) is 1. The van der Waals surface area contributed by atoms with Gasteiger partial charge in [0.15, 0.2) is 17.3 Å². The number of hydrogen-bond acceptors (Lipinski definition) is 6. The molecule has 0 spiro atoms. The summed E-state index contributed by atoms with van der Waals surface area (Å²) in [5, 5.41) is 7.35. The molecule has 3 aromatic heterocycles. The molecule has 0 aliphatic rings. The van der Waals surface area contributed by atoms with Gasteiger partial charge in [0.25, 0.3) is 0 Å². The predicted octanol–water partition coefficient (Wildman–Crippen LogP) is 2.25. The topological polar surface area (TPSA) is 95.6 Å². The highest BCUT2D eigenvalue weighted by molar-refractivity contribution is 5.82. The zero-order valence-electron chi connectivity index (χ0n) is 11.8. The number of nitrogen functional groups attached to an aromatic ring is 1. The molecule has 23 heavy (non-hydrogen) atoms. The number of nitrogens with zero attached hydrogens (tertiary/aromatic N) is 5. The molecule has 2 N–H and O–H groups in total. The van der Waals surface area contributed by atoms with Crippen LogP contribution in [-0.2, 0) is 6.54 Å². The number of aromatic nitrogens is 5. The van der Waals surface area contributed by atoms with E-state index in [0.29, 0.717) is 23.4 Å². The van der Waals surface area contributed by atoms with Gasteiger partial charge in [0, 0.05) is 18.9 Å². The SMILES string of the molecule is Nc1nonc1-c1nc2cccc(F)c2n1Cc1ccncc1. The van der Waals surface area contributed by atoms with Crippen molar-refractivity contribution in [3.63, 3.8) is 0 Å². The molecule has 0 amide bonds. The van der Waals surface area contributed by atoms with Crippen LogP contribution in [-0.4, -0.2) is 24.8 Å². The fraction of sp³-hybridized carbons (Fsp3) is 0.0667. The van der Waals surface area contributed by atoms with Crippen LogP contribution in [0, 0.1) is 5.82 Å². The Morgan fingerprint density at radius 1 is 1.13 bits per heavy atom. The van der Waals surface area contributed by atoms with Crippen LogP contribution in [0.15, 0.2) is 47.4 Å². The molecule has 0 aliphatic carbocycles. The quantitative estimate of drug-likeness (QED) is 0.623. The molecular weight excluding hydrogens is 299 g/mol. The normalized spacial score (nSPS) is 11.2. The molecule has 4 aromatic rings. The van der Waals surface area contributed by atoms with Gasteiger partial charge in [0.1, 0.15) is 11.3 Å². The number of hydrogen-bond donors (Lipinski definition) is 1. The minimum atomic E-state index is -0.370. The van der Waals surface area contributed by atoms with Gasteiger partial charge < -0.3 is 10.3 Å². The fourth-order valence-corrected chi connectivity index (χ4v) is 2.50. The van der Waals surface area contributed by atoms with Crippen LogP contribution in [0.2, 0.25) is 0 Å². The van der Waals surface area contributed by atoms with Gasteiger partial charge in [-0.1, -0.05) is 6.07 Å². The van der Waals surface area contributed by atoms with E-state index in [9.17, 15) is 4.39 Å². The second-order valence-electron chi connectivity index (χ2n) is 4.98. The number of rotatable bonds is 3. The zero-order chi connectivity index (χ0) is 15.8. The molecule has 7 nitrogen and oxygen atoms in total. The summed E-state index contributed by atoms with van der Waals surface area (Å²) in [5.41, 5.74) is 7.89. The van der Waals surface area contributed by atoms with Crippen molar-refractivity contribution < 1.29 is 9.02 Å². The third kappa shape index (κ3) is 2.20. The first kappa shape index (κ1) is 13.4. The third-order valence-corrected chi connectivity index (χ3v) is 3.53. The summed E-state index contributed by atoms with van der Waals surface area (Å²) in [4.78, 5) is 8.42. The van der Waals surface area contributed by atoms with Gasteiger partial charge in [-0.15, -0.1) is 0 Å². The molecule has 0 bridgehead atoms. The Bertz CT molecular complexity index is 978. The summed E-state index contributed by atoms with van der Waals surface area (Å²) in [7, 11) is 0. The molecule has 114 valence electrons. The first-order valence-corrected chi connectivity index (χ1v) is 6.86. The molecule has 0 saturated heterocycles. The minimum Gasteiger partial charge on any atom is -0.379 e. The number of para-hydroxylation sites is 1. The van der Waals surface area contributed by atoms with Gasteiger partial charge in [-0.3, -0.25) is 4.98 Å². The largest absolute Gasteiger partial charge is 0.379 e. The second kappa shape index (κ2) is 5.16. The summed E-state index contributed by atoms with van der Waals surface area (Å²) < 4.78 is 20.7. The lowest BCUT2D eigenvalue weighted by molar-refractivity contribution is 0.310. The molecule has 8 heteroatoms. The van der Waals surface area contributed by atoms with Crippen molar-refractivity contribution >= 4 is 16.9 Å². The van der Waals surface area contributed by atoms with Gasteiger partial charge in [0.2, 0.25) is 0 Å². The zero-order valence-corrected chi connectivity index (χ0v) is 11.8. The van der Waals surface area contributed by atoms with Gasteiger partial charge >= 0.3 is 0 Å².